The van der Waals surface area contributed by atoms with E-state index in [2.05, 4.69) is 10.3 Å². The number of hydrogen-bond donors (Lipinski definition) is 2. The van der Waals surface area contributed by atoms with Crippen LogP contribution in [0.5, 0.6) is 0 Å². The first-order chi connectivity index (χ1) is 10.3. The van der Waals surface area contributed by atoms with Crippen LogP contribution in [-0.4, -0.2) is 62.7 Å². The maximum absolute atomic E-state index is 12.1. The molecule has 2 atom stereocenters. The second kappa shape index (κ2) is 6.59. The van der Waals surface area contributed by atoms with E-state index in [9.17, 15) is 13.2 Å². The summed E-state index contributed by atoms with van der Waals surface area (Å²) < 4.78 is 30.4. The van der Waals surface area contributed by atoms with E-state index in [1.54, 1.807) is 6.07 Å². The maximum atomic E-state index is 12.1. The van der Waals surface area contributed by atoms with Crippen molar-refractivity contribution in [2.75, 3.05) is 38.8 Å². The molecule has 2 heterocycles. The highest BCUT2D eigenvalue weighted by Crippen LogP contribution is 2.17. The molecule has 0 radical (unpaired) electrons. The Labute approximate surface area is 129 Å². The summed E-state index contributed by atoms with van der Waals surface area (Å²) in [5.74, 6) is -0.339. The van der Waals surface area contributed by atoms with Gasteiger partial charge in [-0.3, -0.25) is 4.79 Å². The number of nitrogen functional groups attached to an aromatic ring is 1. The Morgan fingerprint density at radius 2 is 2.18 bits per heavy atom. The van der Waals surface area contributed by atoms with Crippen molar-refractivity contribution >= 4 is 21.7 Å². The molecule has 2 rings (SSSR count). The van der Waals surface area contributed by atoms with E-state index >= 15 is 0 Å². The molecule has 8 nitrogen and oxygen atoms in total. The second-order valence-corrected chi connectivity index (χ2v) is 7.64. The summed E-state index contributed by atoms with van der Waals surface area (Å²) in [4.78, 5) is 16.0. The zero-order valence-corrected chi connectivity index (χ0v) is 13.3. The normalized spacial score (nSPS) is 22.0. The molecule has 1 aliphatic heterocycles. The lowest BCUT2D eigenvalue weighted by molar-refractivity contribution is 0.0925. The number of amides is 1. The minimum Gasteiger partial charge on any atom is -0.384 e. The Morgan fingerprint density at radius 1 is 1.45 bits per heavy atom. The highest BCUT2D eigenvalue weighted by atomic mass is 32.2. The van der Waals surface area contributed by atoms with Crippen molar-refractivity contribution in [1.82, 2.24) is 14.6 Å². The smallest absolute Gasteiger partial charge is 0.253 e. The van der Waals surface area contributed by atoms with Crippen LogP contribution < -0.4 is 11.1 Å². The molecule has 1 amide bonds. The number of pyridine rings is 1. The average molecular weight is 328 g/mol. The zero-order chi connectivity index (χ0) is 16.3. The average Bonchev–Trinajstić information content (AvgIpc) is 2.85. The van der Waals surface area contributed by atoms with Gasteiger partial charge in [-0.25, -0.2) is 17.7 Å². The largest absolute Gasteiger partial charge is 0.384 e. The highest BCUT2D eigenvalue weighted by Gasteiger charge is 2.34. The molecule has 0 aromatic carbocycles. The van der Waals surface area contributed by atoms with Crippen LogP contribution in [0.25, 0.3) is 0 Å². The summed E-state index contributed by atoms with van der Waals surface area (Å²) in [6.45, 7) is 0.597. The predicted molar refractivity (Wildman–Crippen MR) is 81.7 cm³/mol. The first-order valence-electron chi connectivity index (χ1n) is 6.80. The van der Waals surface area contributed by atoms with Gasteiger partial charge in [0.15, 0.2) is 0 Å². The summed E-state index contributed by atoms with van der Waals surface area (Å²) in [7, 11) is -0.378. The molecule has 9 heteroatoms. The minimum absolute atomic E-state index is 0.0645. The summed E-state index contributed by atoms with van der Waals surface area (Å²) in [6, 6.07) is 2.76. The van der Waals surface area contributed by atoms with Crippen molar-refractivity contribution in [2.45, 2.75) is 6.04 Å². The van der Waals surface area contributed by atoms with Crippen molar-refractivity contribution in [1.29, 1.82) is 0 Å². The molecule has 3 N–H and O–H groups in total. The fourth-order valence-corrected chi connectivity index (χ4v) is 3.30. The molecule has 0 unspecified atom stereocenters. The van der Waals surface area contributed by atoms with E-state index < -0.39 is 10.0 Å². The van der Waals surface area contributed by atoms with Crippen molar-refractivity contribution in [3.8, 4) is 0 Å². The van der Waals surface area contributed by atoms with Gasteiger partial charge in [-0.15, -0.1) is 0 Å². The van der Waals surface area contributed by atoms with Crippen LogP contribution in [0.4, 0.5) is 5.82 Å². The molecule has 1 aromatic heterocycles. The van der Waals surface area contributed by atoms with E-state index in [1.165, 1.54) is 30.7 Å². The minimum atomic E-state index is -3.35. The first-order valence-corrected chi connectivity index (χ1v) is 8.41. The molecule has 122 valence electrons. The molecular formula is C13H20N4O4S. The number of anilines is 1. The van der Waals surface area contributed by atoms with E-state index in [-0.39, 0.29) is 23.6 Å². The van der Waals surface area contributed by atoms with E-state index in [1.807, 2.05) is 0 Å². The van der Waals surface area contributed by atoms with Gasteiger partial charge in [0.1, 0.15) is 5.82 Å². The lowest BCUT2D eigenvalue weighted by atomic mass is 10.1. The molecular weight excluding hydrogens is 308 g/mol. The summed E-state index contributed by atoms with van der Waals surface area (Å²) >= 11 is 0. The molecule has 0 aliphatic carbocycles. The Morgan fingerprint density at radius 3 is 2.77 bits per heavy atom. The number of sulfonamides is 1. The lowest BCUT2D eigenvalue weighted by Gasteiger charge is -2.21. The zero-order valence-electron chi connectivity index (χ0n) is 12.5. The number of nitrogens with zero attached hydrogens (tertiary/aromatic N) is 2. The van der Waals surface area contributed by atoms with Crippen LogP contribution in [0.15, 0.2) is 18.3 Å². The number of hydrogen-bond acceptors (Lipinski definition) is 6. The third kappa shape index (κ3) is 3.93. The van der Waals surface area contributed by atoms with Crippen LogP contribution in [0, 0.1) is 5.92 Å². The molecule has 1 aliphatic rings. The van der Waals surface area contributed by atoms with Gasteiger partial charge in [0, 0.05) is 26.2 Å². The third-order valence-corrected chi connectivity index (χ3v) is 5.51. The van der Waals surface area contributed by atoms with Crippen molar-refractivity contribution in [3.05, 3.63) is 23.9 Å². The van der Waals surface area contributed by atoms with Gasteiger partial charge in [0.05, 0.1) is 30.6 Å². The van der Waals surface area contributed by atoms with Crippen molar-refractivity contribution in [3.63, 3.8) is 0 Å². The topological polar surface area (TPSA) is 115 Å². The summed E-state index contributed by atoms with van der Waals surface area (Å²) in [5.41, 5.74) is 5.85. The van der Waals surface area contributed by atoms with Gasteiger partial charge in [-0.1, -0.05) is 0 Å². The van der Waals surface area contributed by atoms with Gasteiger partial charge >= 0.3 is 0 Å². The van der Waals surface area contributed by atoms with Gasteiger partial charge in [0.25, 0.3) is 5.91 Å². The Kier molecular flexibility index (Phi) is 4.99. The maximum Gasteiger partial charge on any atom is 0.253 e. The first kappa shape index (κ1) is 16.7. The van der Waals surface area contributed by atoms with Crippen LogP contribution >= 0.6 is 0 Å². The quantitative estimate of drug-likeness (QED) is 0.739. The van der Waals surface area contributed by atoms with Crippen LogP contribution in [-0.2, 0) is 14.8 Å². The number of rotatable bonds is 5. The fourth-order valence-electron chi connectivity index (χ4n) is 2.13. The highest BCUT2D eigenvalue weighted by molar-refractivity contribution is 7.89. The molecule has 1 fully saturated rings. The monoisotopic (exact) mass is 328 g/mol. The van der Waals surface area contributed by atoms with Gasteiger partial charge < -0.3 is 15.8 Å². The molecule has 22 heavy (non-hydrogen) atoms. The Hall–Kier alpha value is -1.71. The van der Waals surface area contributed by atoms with Gasteiger partial charge in [0.2, 0.25) is 10.0 Å². The summed E-state index contributed by atoms with van der Waals surface area (Å²) in [5, 5.41) is 2.80. The van der Waals surface area contributed by atoms with Crippen LogP contribution in [0.3, 0.4) is 0 Å². The van der Waals surface area contributed by atoms with Crippen LogP contribution in [0.2, 0.25) is 0 Å². The number of ether oxygens (including phenoxy) is 1. The number of nitrogens with one attached hydrogen (secondary N) is 1. The molecule has 0 saturated carbocycles. The summed E-state index contributed by atoms with van der Waals surface area (Å²) in [6.07, 6.45) is 1.38. The van der Waals surface area contributed by atoms with Crippen molar-refractivity contribution < 1.29 is 17.9 Å². The molecule has 0 spiro atoms. The van der Waals surface area contributed by atoms with Gasteiger partial charge in [-0.2, -0.15) is 0 Å². The van der Waals surface area contributed by atoms with E-state index in [0.29, 0.717) is 24.6 Å². The van der Waals surface area contributed by atoms with Crippen LogP contribution in [0.1, 0.15) is 10.4 Å². The SMILES string of the molecule is CN(C)S(=O)(=O)C[C@@H]1COC[C@@H]1NC(=O)c1ccc(N)nc1. The number of nitrogens with two attached hydrogens (primary N) is 1. The van der Waals surface area contributed by atoms with E-state index in [4.69, 9.17) is 10.5 Å². The standard InChI is InChI=1S/C13H20N4O4S/c1-17(2)22(19,20)8-10-6-21-7-11(10)16-13(18)9-3-4-12(14)15-5-9/h3-5,10-11H,6-8H2,1-2H3,(H2,14,15)(H,16,18)/t10-,11-/m0/s1. The molecule has 1 saturated heterocycles. The third-order valence-electron chi connectivity index (χ3n) is 3.54. The van der Waals surface area contributed by atoms with Gasteiger partial charge in [-0.05, 0) is 12.1 Å². The second-order valence-electron chi connectivity index (χ2n) is 5.41. The molecule has 0 bridgehead atoms. The van der Waals surface area contributed by atoms with Crippen molar-refractivity contribution in [2.24, 2.45) is 5.92 Å². The lowest BCUT2D eigenvalue weighted by Crippen LogP contribution is -2.43. The Bertz CT molecular complexity index is 630. The molecule has 1 aromatic rings. The fraction of sp³-hybridized carbons (Fsp3) is 0.538. The number of carbonyl (C=O) groups excluding carboxylic acids is 1. The number of aromatic nitrogens is 1. The Balaban J connectivity index is 2.02. The number of carbonyl (C=O) groups is 1. The van der Waals surface area contributed by atoms with E-state index in [0.717, 1.165) is 0 Å². The predicted octanol–water partition coefficient (Wildman–Crippen LogP) is -0.700.